The van der Waals surface area contributed by atoms with Gasteiger partial charge in [-0.25, -0.2) is 9.67 Å². The molecule has 1 amide bonds. The molecule has 0 saturated heterocycles. The highest BCUT2D eigenvalue weighted by atomic mass is 35.5. The number of hydrogen-bond donors (Lipinski definition) is 2. The van der Waals surface area contributed by atoms with Crippen molar-refractivity contribution in [2.75, 3.05) is 5.32 Å². The molecule has 2 aromatic rings. The van der Waals surface area contributed by atoms with Gasteiger partial charge in [0.25, 0.3) is 0 Å². The number of hydrogen-bond acceptors (Lipinski definition) is 4. The predicted molar refractivity (Wildman–Crippen MR) is 82.8 cm³/mol. The zero-order chi connectivity index (χ0) is 13.0. The highest BCUT2D eigenvalue weighted by Gasteiger charge is 2.10. The smallest absolute Gasteiger partial charge is 0.241 e. The quantitative estimate of drug-likeness (QED) is 0.900. The molecule has 20 heavy (non-hydrogen) atoms. The number of rotatable bonds is 4. The summed E-state index contributed by atoms with van der Waals surface area (Å²) in [7, 11) is 0. The van der Waals surface area contributed by atoms with Crippen molar-refractivity contribution in [1.82, 2.24) is 14.8 Å². The highest BCUT2D eigenvalue weighted by Crippen LogP contribution is 2.09. The minimum absolute atomic E-state index is 0. The second-order valence-corrected chi connectivity index (χ2v) is 3.86. The lowest BCUT2D eigenvalue weighted by molar-refractivity contribution is -0.117. The number of amides is 1. The number of carbonyl (C=O) groups excluding carboxylic acids is 1. The summed E-state index contributed by atoms with van der Waals surface area (Å²) in [5.41, 5.74) is 6.25. The first-order chi connectivity index (χ1) is 8.70. The molecule has 0 aliphatic rings. The van der Waals surface area contributed by atoms with Gasteiger partial charge in [-0.05, 0) is 24.6 Å². The predicted octanol–water partition coefficient (Wildman–Crippen LogP) is 1.79. The number of anilines is 1. The molecule has 0 radical (unpaired) electrons. The summed E-state index contributed by atoms with van der Waals surface area (Å²) in [4.78, 5) is 15.8. The third kappa shape index (κ3) is 4.48. The van der Waals surface area contributed by atoms with Crippen LogP contribution in [0.5, 0.6) is 0 Å². The Hall–Kier alpha value is -1.63. The van der Waals surface area contributed by atoms with Gasteiger partial charge in [-0.1, -0.05) is 6.92 Å². The average molecular weight is 318 g/mol. The third-order valence-corrected chi connectivity index (χ3v) is 2.53. The van der Waals surface area contributed by atoms with Gasteiger partial charge in [-0.2, -0.15) is 5.10 Å². The van der Waals surface area contributed by atoms with E-state index in [1.54, 1.807) is 35.4 Å². The van der Waals surface area contributed by atoms with Gasteiger partial charge in [0.15, 0.2) is 5.82 Å². The maximum absolute atomic E-state index is 11.6. The molecule has 110 valence electrons. The monoisotopic (exact) mass is 317 g/mol. The van der Waals surface area contributed by atoms with Crippen molar-refractivity contribution in [3.63, 3.8) is 0 Å². The van der Waals surface area contributed by atoms with Crippen LogP contribution in [0.4, 0.5) is 5.69 Å². The van der Waals surface area contributed by atoms with Gasteiger partial charge < -0.3 is 11.1 Å². The van der Waals surface area contributed by atoms with Crippen molar-refractivity contribution < 1.29 is 4.79 Å². The molecule has 0 spiro atoms. The first-order valence-corrected chi connectivity index (χ1v) is 5.73. The molecule has 3 N–H and O–H groups in total. The number of halogens is 2. The first-order valence-electron chi connectivity index (χ1n) is 5.73. The molecule has 0 fully saturated rings. The fourth-order valence-corrected chi connectivity index (χ4v) is 1.42. The van der Waals surface area contributed by atoms with E-state index in [-0.39, 0.29) is 30.7 Å². The van der Waals surface area contributed by atoms with Crippen molar-refractivity contribution in [2.45, 2.75) is 19.4 Å². The zero-order valence-electron chi connectivity index (χ0n) is 10.9. The Balaban J connectivity index is 0.00000180. The van der Waals surface area contributed by atoms with Crippen LogP contribution in [-0.2, 0) is 4.79 Å². The number of nitrogens with one attached hydrogen (secondary N) is 1. The fraction of sp³-hybridized carbons (Fsp3) is 0.250. The summed E-state index contributed by atoms with van der Waals surface area (Å²) < 4.78 is 1.64. The van der Waals surface area contributed by atoms with Crippen LogP contribution >= 0.6 is 24.8 Å². The Morgan fingerprint density at radius 3 is 2.70 bits per heavy atom. The molecule has 0 aliphatic carbocycles. The van der Waals surface area contributed by atoms with Crippen LogP contribution in [0.3, 0.4) is 0 Å². The summed E-state index contributed by atoms with van der Waals surface area (Å²) >= 11 is 0. The normalized spacial score (nSPS) is 10.9. The number of nitrogens with two attached hydrogens (primary N) is 1. The lowest BCUT2D eigenvalue weighted by Gasteiger charge is -2.10. The third-order valence-electron chi connectivity index (χ3n) is 2.53. The molecule has 1 atom stereocenters. The molecular weight excluding hydrogens is 301 g/mol. The minimum atomic E-state index is -0.490. The van der Waals surface area contributed by atoms with Gasteiger partial charge in [0, 0.05) is 12.4 Å². The number of nitrogens with zero attached hydrogens (tertiary/aromatic N) is 3. The molecule has 6 nitrogen and oxygen atoms in total. The summed E-state index contributed by atoms with van der Waals surface area (Å²) in [5, 5.41) is 6.77. The van der Waals surface area contributed by atoms with Crippen LogP contribution in [0.2, 0.25) is 0 Å². The average Bonchev–Trinajstić information content (AvgIpc) is 2.92. The molecule has 2 heterocycles. The Labute approximate surface area is 129 Å². The van der Waals surface area contributed by atoms with E-state index in [2.05, 4.69) is 15.4 Å². The fourth-order valence-electron chi connectivity index (χ4n) is 1.42. The van der Waals surface area contributed by atoms with E-state index in [4.69, 9.17) is 5.73 Å². The van der Waals surface area contributed by atoms with Crippen molar-refractivity contribution >= 4 is 36.4 Å². The van der Waals surface area contributed by atoms with Gasteiger partial charge >= 0.3 is 0 Å². The Bertz CT molecular complexity index is 515. The van der Waals surface area contributed by atoms with E-state index in [9.17, 15) is 4.79 Å². The largest absolute Gasteiger partial charge is 0.323 e. The van der Waals surface area contributed by atoms with Crippen LogP contribution in [0.1, 0.15) is 13.3 Å². The van der Waals surface area contributed by atoms with E-state index >= 15 is 0 Å². The van der Waals surface area contributed by atoms with E-state index in [0.29, 0.717) is 17.9 Å². The van der Waals surface area contributed by atoms with Crippen molar-refractivity contribution in [3.05, 3.63) is 36.8 Å². The van der Waals surface area contributed by atoms with Crippen LogP contribution < -0.4 is 11.1 Å². The number of carbonyl (C=O) groups is 1. The molecule has 0 aliphatic heterocycles. The van der Waals surface area contributed by atoms with Crippen LogP contribution in [0.25, 0.3) is 5.82 Å². The summed E-state index contributed by atoms with van der Waals surface area (Å²) in [6, 6.07) is 4.87. The number of aromatic nitrogens is 3. The zero-order valence-corrected chi connectivity index (χ0v) is 12.5. The Kier molecular flexibility index (Phi) is 7.83. The molecular formula is C12H17Cl2N5O. The van der Waals surface area contributed by atoms with Gasteiger partial charge in [0.05, 0.1) is 17.9 Å². The Morgan fingerprint density at radius 1 is 1.45 bits per heavy atom. The van der Waals surface area contributed by atoms with Gasteiger partial charge in [-0.15, -0.1) is 24.8 Å². The van der Waals surface area contributed by atoms with E-state index < -0.39 is 6.04 Å². The van der Waals surface area contributed by atoms with Gasteiger partial charge in [0.1, 0.15) is 0 Å². The van der Waals surface area contributed by atoms with Crippen molar-refractivity contribution in [3.8, 4) is 5.82 Å². The van der Waals surface area contributed by atoms with Crippen molar-refractivity contribution in [1.29, 1.82) is 0 Å². The molecule has 0 aromatic carbocycles. The van der Waals surface area contributed by atoms with E-state index in [0.717, 1.165) is 0 Å². The van der Waals surface area contributed by atoms with Crippen LogP contribution in [-0.4, -0.2) is 26.7 Å². The molecule has 8 heteroatoms. The molecule has 2 aromatic heterocycles. The van der Waals surface area contributed by atoms with E-state index in [1.807, 2.05) is 13.0 Å². The lowest BCUT2D eigenvalue weighted by Crippen LogP contribution is -2.34. The van der Waals surface area contributed by atoms with E-state index in [1.165, 1.54) is 0 Å². The summed E-state index contributed by atoms with van der Waals surface area (Å²) in [5.74, 6) is 0.490. The maximum atomic E-state index is 11.6. The van der Waals surface area contributed by atoms with Crippen molar-refractivity contribution in [2.24, 2.45) is 5.73 Å². The SMILES string of the molecule is CC[C@H](N)C(=O)Nc1ccc(-n2cccn2)nc1.Cl.Cl. The highest BCUT2D eigenvalue weighted by molar-refractivity contribution is 5.94. The standard InChI is InChI=1S/C12H15N5O.2ClH/c1-2-10(13)12(18)16-9-4-5-11(14-8-9)17-7-3-6-15-17;;/h3-8,10H,2,13H2,1H3,(H,16,18);2*1H/t10-;;/m0../s1. The van der Waals surface area contributed by atoms with Gasteiger partial charge in [-0.3, -0.25) is 4.79 Å². The first kappa shape index (κ1) is 18.4. The minimum Gasteiger partial charge on any atom is -0.323 e. The summed E-state index contributed by atoms with van der Waals surface area (Å²) in [6.07, 6.45) is 5.66. The number of pyridine rings is 1. The molecule has 0 bridgehead atoms. The second kappa shape index (κ2) is 8.52. The molecule has 0 saturated carbocycles. The van der Waals surface area contributed by atoms with Gasteiger partial charge in [0.2, 0.25) is 5.91 Å². The molecule has 2 rings (SSSR count). The lowest BCUT2D eigenvalue weighted by atomic mass is 10.2. The second-order valence-electron chi connectivity index (χ2n) is 3.86. The maximum Gasteiger partial charge on any atom is 0.241 e. The summed E-state index contributed by atoms with van der Waals surface area (Å²) in [6.45, 7) is 1.86. The molecule has 0 unspecified atom stereocenters. The van der Waals surface area contributed by atoms with Crippen LogP contribution in [0.15, 0.2) is 36.8 Å². The Morgan fingerprint density at radius 2 is 2.20 bits per heavy atom. The van der Waals surface area contributed by atoms with Crippen LogP contribution in [0, 0.1) is 0 Å². The topological polar surface area (TPSA) is 85.8 Å².